The first-order valence-corrected chi connectivity index (χ1v) is 9.80. The summed E-state index contributed by atoms with van der Waals surface area (Å²) in [6.07, 6.45) is 10.1. The van der Waals surface area contributed by atoms with Gasteiger partial charge in [0.2, 0.25) is 0 Å². The van der Waals surface area contributed by atoms with Gasteiger partial charge in [0.25, 0.3) is 0 Å². The van der Waals surface area contributed by atoms with E-state index in [9.17, 15) is 20.1 Å². The maximum Gasteiger partial charge on any atom is 0.189 e. The molecule has 0 aliphatic carbocycles. The lowest BCUT2D eigenvalue weighted by atomic mass is 9.92. The van der Waals surface area contributed by atoms with Crippen LogP contribution in [-0.2, 0) is 0 Å². The van der Waals surface area contributed by atoms with Crippen molar-refractivity contribution >= 4 is 17.9 Å². The van der Waals surface area contributed by atoms with Crippen LogP contribution in [-0.4, -0.2) is 26.7 Å². The largest absolute Gasteiger partial charge is 0.508 e. The SMILES string of the molecule is CC(C)=CCCC1(C)C=Cc2c(O)c(C(=O)/C=C/c3ccc(O)cc3)cc(O)c2O1. The van der Waals surface area contributed by atoms with E-state index in [1.165, 1.54) is 29.8 Å². The molecule has 3 N–H and O–H groups in total. The quantitative estimate of drug-likeness (QED) is 0.251. The lowest BCUT2D eigenvalue weighted by Crippen LogP contribution is -2.31. The summed E-state index contributed by atoms with van der Waals surface area (Å²) in [5.41, 5.74) is 1.60. The number of hydrogen-bond donors (Lipinski definition) is 3. The summed E-state index contributed by atoms with van der Waals surface area (Å²) in [6.45, 7) is 5.99. The van der Waals surface area contributed by atoms with Gasteiger partial charge in [-0.05, 0) is 75.6 Å². The second kappa shape index (κ2) is 8.49. The Morgan fingerprint density at radius 1 is 1.13 bits per heavy atom. The number of ether oxygens (including phenoxy) is 1. The topological polar surface area (TPSA) is 87.0 Å². The Morgan fingerprint density at radius 2 is 1.83 bits per heavy atom. The number of phenolic OH excluding ortho intramolecular Hbond substituents is 3. The number of hydrogen-bond acceptors (Lipinski definition) is 5. The van der Waals surface area contributed by atoms with Gasteiger partial charge in [0.15, 0.2) is 17.3 Å². The Balaban J connectivity index is 1.85. The Morgan fingerprint density at radius 3 is 2.50 bits per heavy atom. The van der Waals surface area contributed by atoms with Gasteiger partial charge in [0.05, 0.1) is 11.1 Å². The molecule has 0 saturated heterocycles. The molecule has 30 heavy (non-hydrogen) atoms. The van der Waals surface area contributed by atoms with Crippen molar-refractivity contribution in [3.05, 3.63) is 70.8 Å². The van der Waals surface area contributed by atoms with Gasteiger partial charge in [0, 0.05) is 0 Å². The highest BCUT2D eigenvalue weighted by molar-refractivity contribution is 6.10. The average molecular weight is 406 g/mol. The van der Waals surface area contributed by atoms with E-state index in [0.29, 0.717) is 6.42 Å². The fourth-order valence-corrected chi connectivity index (χ4v) is 3.27. The minimum absolute atomic E-state index is 0.0114. The van der Waals surface area contributed by atoms with E-state index in [4.69, 9.17) is 4.74 Å². The van der Waals surface area contributed by atoms with Crippen molar-refractivity contribution in [2.75, 3.05) is 0 Å². The molecule has 0 fully saturated rings. The third kappa shape index (κ3) is 4.74. The molecule has 0 aromatic heterocycles. The number of fused-ring (bicyclic) bond motifs is 1. The number of ketones is 1. The molecule has 1 unspecified atom stereocenters. The molecule has 1 aliphatic rings. The fourth-order valence-electron chi connectivity index (χ4n) is 3.27. The maximum absolute atomic E-state index is 12.6. The molecular formula is C25H26O5. The van der Waals surface area contributed by atoms with Gasteiger partial charge in [-0.2, -0.15) is 0 Å². The average Bonchev–Trinajstić information content (AvgIpc) is 2.69. The number of carbonyl (C=O) groups is 1. The molecule has 156 valence electrons. The zero-order valence-corrected chi connectivity index (χ0v) is 17.3. The van der Waals surface area contributed by atoms with E-state index in [1.807, 2.05) is 26.8 Å². The van der Waals surface area contributed by atoms with Crippen molar-refractivity contribution in [2.45, 2.75) is 39.2 Å². The van der Waals surface area contributed by atoms with Crippen LogP contribution in [0.15, 0.2) is 54.1 Å². The molecular weight excluding hydrogens is 380 g/mol. The third-order valence-corrected chi connectivity index (χ3v) is 4.99. The van der Waals surface area contributed by atoms with Crippen LogP contribution in [0, 0.1) is 0 Å². The van der Waals surface area contributed by atoms with Crippen LogP contribution in [0.25, 0.3) is 12.2 Å². The number of rotatable bonds is 6. The summed E-state index contributed by atoms with van der Waals surface area (Å²) in [6, 6.07) is 7.59. The van der Waals surface area contributed by atoms with E-state index >= 15 is 0 Å². The van der Waals surface area contributed by atoms with Crippen molar-refractivity contribution in [1.82, 2.24) is 0 Å². The van der Waals surface area contributed by atoms with Crippen molar-refractivity contribution in [2.24, 2.45) is 0 Å². The molecule has 2 aromatic carbocycles. The molecule has 5 heteroatoms. The van der Waals surface area contributed by atoms with Crippen LogP contribution in [0.2, 0.25) is 0 Å². The highest BCUT2D eigenvalue weighted by Gasteiger charge is 2.31. The summed E-state index contributed by atoms with van der Waals surface area (Å²) in [5.74, 6) is -0.569. The minimum Gasteiger partial charge on any atom is -0.508 e. The van der Waals surface area contributed by atoms with Crippen LogP contribution in [0.5, 0.6) is 23.0 Å². The van der Waals surface area contributed by atoms with Gasteiger partial charge in [-0.25, -0.2) is 0 Å². The van der Waals surface area contributed by atoms with E-state index in [2.05, 4.69) is 6.08 Å². The second-order valence-corrected chi connectivity index (χ2v) is 7.89. The highest BCUT2D eigenvalue weighted by Crippen LogP contribution is 2.45. The predicted molar refractivity (Wildman–Crippen MR) is 118 cm³/mol. The van der Waals surface area contributed by atoms with Gasteiger partial charge in [-0.3, -0.25) is 4.79 Å². The summed E-state index contributed by atoms with van der Waals surface area (Å²) >= 11 is 0. The molecule has 0 amide bonds. The summed E-state index contributed by atoms with van der Waals surface area (Å²) in [7, 11) is 0. The molecule has 1 aliphatic heterocycles. The Kier molecular flexibility index (Phi) is 6.01. The molecule has 0 saturated carbocycles. The molecule has 1 atom stereocenters. The lowest BCUT2D eigenvalue weighted by molar-refractivity contribution is 0.104. The second-order valence-electron chi connectivity index (χ2n) is 7.89. The molecule has 1 heterocycles. The maximum atomic E-state index is 12.6. The number of aromatic hydroxyl groups is 3. The molecule has 0 spiro atoms. The van der Waals surface area contributed by atoms with Crippen molar-refractivity contribution in [3.8, 4) is 23.0 Å². The number of allylic oxidation sites excluding steroid dienone is 3. The molecule has 2 aromatic rings. The van der Waals surface area contributed by atoms with Gasteiger partial charge in [0.1, 0.15) is 17.1 Å². The Bertz CT molecular complexity index is 1040. The first-order chi connectivity index (χ1) is 14.2. The van der Waals surface area contributed by atoms with Gasteiger partial charge in [-0.1, -0.05) is 29.9 Å². The monoisotopic (exact) mass is 406 g/mol. The summed E-state index contributed by atoms with van der Waals surface area (Å²) in [5, 5.41) is 30.5. The fraction of sp³-hybridized carbons (Fsp3) is 0.240. The molecule has 0 bridgehead atoms. The van der Waals surface area contributed by atoms with Crippen molar-refractivity contribution in [3.63, 3.8) is 0 Å². The van der Waals surface area contributed by atoms with Crippen molar-refractivity contribution < 1.29 is 24.9 Å². The predicted octanol–water partition coefficient (Wildman–Crippen LogP) is 5.61. The number of phenols is 3. The Labute approximate surface area is 176 Å². The van der Waals surface area contributed by atoms with Crippen LogP contribution >= 0.6 is 0 Å². The van der Waals surface area contributed by atoms with E-state index < -0.39 is 11.4 Å². The van der Waals surface area contributed by atoms with E-state index in [-0.39, 0.29) is 34.1 Å². The number of carbonyl (C=O) groups excluding carboxylic acids is 1. The van der Waals surface area contributed by atoms with Gasteiger partial charge >= 0.3 is 0 Å². The molecule has 0 radical (unpaired) electrons. The standard InChI is InChI=1S/C25H26O5/c1-16(2)5-4-13-25(3)14-12-19-23(29)20(15-22(28)24(19)30-25)21(27)11-8-17-6-9-18(26)10-7-17/h5-12,14-15,26,28-29H,4,13H2,1-3H3/b11-8+. The van der Waals surface area contributed by atoms with Crippen molar-refractivity contribution in [1.29, 1.82) is 0 Å². The van der Waals surface area contributed by atoms with Crippen LogP contribution in [0.3, 0.4) is 0 Å². The van der Waals surface area contributed by atoms with E-state index in [1.54, 1.807) is 24.3 Å². The summed E-state index contributed by atoms with van der Waals surface area (Å²) in [4.78, 5) is 12.6. The third-order valence-electron chi connectivity index (χ3n) is 4.99. The zero-order valence-electron chi connectivity index (χ0n) is 17.3. The minimum atomic E-state index is -0.618. The summed E-state index contributed by atoms with van der Waals surface area (Å²) < 4.78 is 6.01. The van der Waals surface area contributed by atoms with Crippen LogP contribution in [0.1, 0.15) is 55.1 Å². The zero-order chi connectivity index (χ0) is 21.9. The first-order valence-electron chi connectivity index (χ1n) is 9.80. The first kappa shape index (κ1) is 21.2. The van der Waals surface area contributed by atoms with Crippen LogP contribution < -0.4 is 4.74 Å². The normalized spacial score (nSPS) is 17.4. The smallest absolute Gasteiger partial charge is 0.189 e. The van der Waals surface area contributed by atoms with Crippen LogP contribution in [0.4, 0.5) is 0 Å². The Hall–Kier alpha value is -3.47. The molecule has 5 nitrogen and oxygen atoms in total. The van der Waals surface area contributed by atoms with Gasteiger partial charge < -0.3 is 20.1 Å². The highest BCUT2D eigenvalue weighted by atomic mass is 16.5. The number of benzene rings is 2. The lowest BCUT2D eigenvalue weighted by Gasteiger charge is -2.32. The van der Waals surface area contributed by atoms with E-state index in [0.717, 1.165) is 12.0 Å². The van der Waals surface area contributed by atoms with Gasteiger partial charge in [-0.15, -0.1) is 0 Å². The molecule has 3 rings (SSSR count).